The van der Waals surface area contributed by atoms with Crippen LogP contribution >= 0.6 is 22.7 Å². The zero-order chi connectivity index (χ0) is 19.1. The summed E-state index contributed by atoms with van der Waals surface area (Å²) in [5.41, 5.74) is 1.17. The quantitative estimate of drug-likeness (QED) is 0.591. The van der Waals surface area contributed by atoms with Gasteiger partial charge in [-0.1, -0.05) is 12.1 Å². The van der Waals surface area contributed by atoms with Crippen LogP contribution in [0.15, 0.2) is 59.3 Å². The molecule has 0 saturated heterocycles. The van der Waals surface area contributed by atoms with Crippen molar-refractivity contribution in [3.63, 3.8) is 0 Å². The van der Waals surface area contributed by atoms with E-state index in [2.05, 4.69) is 5.32 Å². The minimum atomic E-state index is -0.506. The maximum absolute atomic E-state index is 13.1. The van der Waals surface area contributed by atoms with Crippen molar-refractivity contribution in [2.75, 3.05) is 11.9 Å². The van der Waals surface area contributed by atoms with Crippen molar-refractivity contribution >= 4 is 40.4 Å². The van der Waals surface area contributed by atoms with E-state index in [1.54, 1.807) is 53.9 Å². The predicted molar refractivity (Wildman–Crippen MR) is 109 cm³/mol. The number of rotatable bonds is 7. The first-order valence-corrected chi connectivity index (χ1v) is 10.3. The molecule has 1 aromatic carbocycles. The zero-order valence-electron chi connectivity index (χ0n) is 14.9. The molecule has 2 amide bonds. The van der Waals surface area contributed by atoms with Gasteiger partial charge in [0.05, 0.1) is 19.7 Å². The van der Waals surface area contributed by atoms with Crippen molar-refractivity contribution < 1.29 is 14.3 Å². The summed E-state index contributed by atoms with van der Waals surface area (Å²) in [5, 5.41) is 6.65. The highest BCUT2D eigenvalue weighted by atomic mass is 32.1. The molecule has 0 spiro atoms. The number of carbonyl (C=O) groups excluding carboxylic acids is 2. The average Bonchev–Trinajstić information content (AvgIpc) is 3.35. The summed E-state index contributed by atoms with van der Waals surface area (Å²) >= 11 is 3.28. The molecule has 2 heterocycles. The standard InChI is InChI=1S/C20H20N2O3S2/c1-2-25-20(24)21-16-9-7-15(8-10-16)19(23)22(13-17-5-3-11-26-17)14-18-6-4-12-27-18/h3-12H,2,13-14H2,1H3,(H,21,24). The number of nitrogens with one attached hydrogen (secondary N) is 1. The lowest BCUT2D eigenvalue weighted by Crippen LogP contribution is -2.29. The molecule has 3 rings (SSSR count). The van der Waals surface area contributed by atoms with Crippen LogP contribution in [0.2, 0.25) is 0 Å². The summed E-state index contributed by atoms with van der Waals surface area (Å²) in [6, 6.07) is 14.9. The molecule has 0 aliphatic carbocycles. The third-order valence-electron chi connectivity index (χ3n) is 3.79. The average molecular weight is 401 g/mol. The Kier molecular flexibility index (Phi) is 6.62. The molecule has 0 aliphatic rings. The minimum absolute atomic E-state index is 0.0421. The normalized spacial score (nSPS) is 10.4. The first-order chi connectivity index (χ1) is 13.2. The third-order valence-corrected chi connectivity index (χ3v) is 5.52. The molecular formula is C20H20N2O3S2. The molecule has 1 N–H and O–H groups in total. The van der Waals surface area contributed by atoms with Crippen LogP contribution < -0.4 is 5.32 Å². The maximum atomic E-state index is 13.1. The molecule has 0 saturated carbocycles. The van der Waals surface area contributed by atoms with Crippen molar-refractivity contribution in [3.8, 4) is 0 Å². The lowest BCUT2D eigenvalue weighted by molar-refractivity contribution is 0.0733. The largest absolute Gasteiger partial charge is 0.450 e. The van der Waals surface area contributed by atoms with Gasteiger partial charge in [0.15, 0.2) is 0 Å². The molecular weight excluding hydrogens is 380 g/mol. The van der Waals surface area contributed by atoms with E-state index in [1.165, 1.54) is 0 Å². The van der Waals surface area contributed by atoms with Crippen LogP contribution in [-0.4, -0.2) is 23.5 Å². The molecule has 3 aromatic rings. The Morgan fingerprint density at radius 1 is 0.963 bits per heavy atom. The maximum Gasteiger partial charge on any atom is 0.411 e. The third kappa shape index (κ3) is 5.42. The molecule has 0 atom stereocenters. The molecule has 0 radical (unpaired) electrons. The second-order valence-corrected chi connectivity index (χ2v) is 7.81. The summed E-state index contributed by atoms with van der Waals surface area (Å²) in [5.74, 6) is -0.0421. The van der Waals surface area contributed by atoms with Crippen molar-refractivity contribution in [1.29, 1.82) is 0 Å². The number of nitrogens with zero attached hydrogens (tertiary/aromatic N) is 1. The van der Waals surface area contributed by atoms with Gasteiger partial charge in [0.1, 0.15) is 0 Å². The summed E-state index contributed by atoms with van der Waals surface area (Å²) in [6.45, 7) is 3.19. The lowest BCUT2D eigenvalue weighted by atomic mass is 10.1. The molecule has 2 aromatic heterocycles. The van der Waals surface area contributed by atoms with Crippen molar-refractivity contribution in [3.05, 3.63) is 74.6 Å². The second-order valence-electron chi connectivity index (χ2n) is 5.74. The van der Waals surface area contributed by atoms with Crippen LogP contribution in [0.1, 0.15) is 27.0 Å². The number of carbonyl (C=O) groups is 2. The smallest absolute Gasteiger partial charge is 0.411 e. The Hall–Kier alpha value is -2.64. The number of hydrogen-bond acceptors (Lipinski definition) is 5. The summed E-state index contributed by atoms with van der Waals surface area (Å²) < 4.78 is 4.86. The van der Waals surface area contributed by atoms with E-state index in [1.807, 2.05) is 39.9 Å². The first kappa shape index (κ1) is 19.1. The Balaban J connectivity index is 1.73. The molecule has 0 bridgehead atoms. The van der Waals surface area contributed by atoms with E-state index in [-0.39, 0.29) is 5.91 Å². The summed E-state index contributed by atoms with van der Waals surface area (Å²) in [6.07, 6.45) is -0.506. The Morgan fingerprint density at radius 2 is 1.56 bits per heavy atom. The van der Waals surface area contributed by atoms with Crippen LogP contribution in [0.3, 0.4) is 0 Å². The number of benzene rings is 1. The first-order valence-electron chi connectivity index (χ1n) is 8.53. The van der Waals surface area contributed by atoms with Crippen molar-refractivity contribution in [2.24, 2.45) is 0 Å². The second kappa shape index (κ2) is 9.34. The van der Waals surface area contributed by atoms with E-state index >= 15 is 0 Å². The topological polar surface area (TPSA) is 58.6 Å². The lowest BCUT2D eigenvalue weighted by Gasteiger charge is -2.22. The van der Waals surface area contributed by atoms with Gasteiger partial charge in [-0.05, 0) is 54.1 Å². The Morgan fingerprint density at radius 3 is 2.04 bits per heavy atom. The van der Waals surface area contributed by atoms with Gasteiger partial charge in [0.2, 0.25) is 0 Å². The number of hydrogen-bond donors (Lipinski definition) is 1. The Bertz CT molecular complexity index is 823. The van der Waals surface area contributed by atoms with Crippen LogP contribution in [0.5, 0.6) is 0 Å². The van der Waals surface area contributed by atoms with Gasteiger partial charge in [-0.3, -0.25) is 10.1 Å². The predicted octanol–water partition coefficient (Wildman–Crippen LogP) is 5.22. The molecule has 7 heteroatoms. The van der Waals surface area contributed by atoms with Gasteiger partial charge >= 0.3 is 6.09 Å². The van der Waals surface area contributed by atoms with E-state index in [9.17, 15) is 9.59 Å². The van der Waals surface area contributed by atoms with Gasteiger partial charge in [-0.15, -0.1) is 22.7 Å². The van der Waals surface area contributed by atoms with Crippen LogP contribution in [0.25, 0.3) is 0 Å². The van der Waals surface area contributed by atoms with E-state index < -0.39 is 6.09 Å². The fraction of sp³-hybridized carbons (Fsp3) is 0.200. The minimum Gasteiger partial charge on any atom is -0.450 e. The SMILES string of the molecule is CCOC(=O)Nc1ccc(C(=O)N(Cc2cccs2)Cc2cccs2)cc1. The molecule has 27 heavy (non-hydrogen) atoms. The van der Waals surface area contributed by atoms with Crippen LogP contribution in [0.4, 0.5) is 10.5 Å². The van der Waals surface area contributed by atoms with Gasteiger partial charge in [-0.2, -0.15) is 0 Å². The molecule has 140 valence electrons. The molecule has 0 unspecified atom stereocenters. The zero-order valence-corrected chi connectivity index (χ0v) is 16.5. The van der Waals surface area contributed by atoms with Crippen molar-refractivity contribution in [1.82, 2.24) is 4.90 Å². The number of ether oxygens (including phenoxy) is 1. The van der Waals surface area contributed by atoms with E-state index in [0.29, 0.717) is 30.9 Å². The fourth-order valence-corrected chi connectivity index (χ4v) is 3.98. The molecule has 0 fully saturated rings. The fourth-order valence-electron chi connectivity index (χ4n) is 2.54. The highest BCUT2D eigenvalue weighted by Gasteiger charge is 2.18. The molecule has 5 nitrogen and oxygen atoms in total. The van der Waals surface area contributed by atoms with E-state index in [4.69, 9.17) is 4.74 Å². The van der Waals surface area contributed by atoms with Crippen LogP contribution in [-0.2, 0) is 17.8 Å². The van der Waals surface area contributed by atoms with E-state index in [0.717, 1.165) is 9.75 Å². The highest BCUT2D eigenvalue weighted by Crippen LogP contribution is 2.20. The van der Waals surface area contributed by atoms with Crippen LogP contribution in [0, 0.1) is 0 Å². The summed E-state index contributed by atoms with van der Waals surface area (Å²) in [4.78, 5) is 28.7. The van der Waals surface area contributed by atoms with Gasteiger partial charge < -0.3 is 9.64 Å². The van der Waals surface area contributed by atoms with Gasteiger partial charge in [-0.25, -0.2) is 4.79 Å². The number of amides is 2. The van der Waals surface area contributed by atoms with Crippen molar-refractivity contribution in [2.45, 2.75) is 20.0 Å². The molecule has 0 aliphatic heterocycles. The van der Waals surface area contributed by atoms with Gasteiger partial charge in [0.25, 0.3) is 5.91 Å². The monoisotopic (exact) mass is 400 g/mol. The Labute approximate surface area is 166 Å². The number of thiophene rings is 2. The highest BCUT2D eigenvalue weighted by molar-refractivity contribution is 7.10. The van der Waals surface area contributed by atoms with Gasteiger partial charge in [0, 0.05) is 21.0 Å². The number of anilines is 1. The summed E-state index contributed by atoms with van der Waals surface area (Å²) in [7, 11) is 0.